The molecule has 2 aliphatic heterocycles. The van der Waals surface area contributed by atoms with Crippen LogP contribution in [0, 0.1) is 5.92 Å². The third-order valence-corrected chi connectivity index (χ3v) is 5.28. The Bertz CT molecular complexity index is 627. The molecule has 0 unspecified atom stereocenters. The summed E-state index contributed by atoms with van der Waals surface area (Å²) in [5.74, 6) is 0.807. The number of hydrogen-bond acceptors (Lipinski definition) is 5. The summed E-state index contributed by atoms with van der Waals surface area (Å²) in [6.45, 7) is 3.95. The molecule has 1 aromatic heterocycles. The van der Waals surface area contributed by atoms with Crippen molar-refractivity contribution in [2.75, 3.05) is 26.2 Å². The molecule has 1 aromatic rings. The maximum absolute atomic E-state index is 12.9. The van der Waals surface area contributed by atoms with Crippen LogP contribution in [0.5, 0.6) is 5.75 Å². The summed E-state index contributed by atoms with van der Waals surface area (Å²) >= 11 is 0. The normalized spacial score (nSPS) is 23.1. The second-order valence-electron chi connectivity index (χ2n) is 7.28. The van der Waals surface area contributed by atoms with Gasteiger partial charge in [-0.15, -0.1) is 24.8 Å². The van der Waals surface area contributed by atoms with Crippen molar-refractivity contribution in [3.63, 3.8) is 0 Å². The van der Waals surface area contributed by atoms with Gasteiger partial charge in [0.25, 0.3) is 0 Å². The lowest BCUT2D eigenvalue weighted by Crippen LogP contribution is -2.47. The largest absolute Gasteiger partial charge is 0.490 e. The number of nitrogens with two attached hydrogens (primary N) is 1. The Hall–Kier alpha value is -1.57. The minimum absolute atomic E-state index is 0. The van der Waals surface area contributed by atoms with E-state index in [1.54, 1.807) is 24.2 Å². The average Bonchev–Trinajstić information content (AvgIpc) is 2.85. The molecule has 2 atom stereocenters. The highest BCUT2D eigenvalue weighted by molar-refractivity contribution is 5.85. The smallest absolute Gasteiger partial charge is 0.227 e. The Morgan fingerprint density at radius 2 is 1.68 bits per heavy atom. The van der Waals surface area contributed by atoms with Crippen molar-refractivity contribution in [1.29, 1.82) is 0 Å². The maximum Gasteiger partial charge on any atom is 0.227 e. The molecule has 0 aliphatic carbocycles. The molecule has 0 saturated carbocycles. The molecule has 9 heteroatoms. The Balaban J connectivity index is 0.00000196. The zero-order valence-corrected chi connectivity index (χ0v) is 17.8. The average molecular weight is 433 g/mol. The van der Waals surface area contributed by atoms with Crippen LogP contribution in [0.15, 0.2) is 24.5 Å². The van der Waals surface area contributed by atoms with Gasteiger partial charge in [-0.05, 0) is 25.0 Å². The molecule has 2 amide bonds. The number of hydrogen-bond donors (Lipinski definition) is 1. The van der Waals surface area contributed by atoms with Crippen LogP contribution in [0.3, 0.4) is 0 Å². The van der Waals surface area contributed by atoms with Gasteiger partial charge in [-0.3, -0.25) is 14.6 Å². The third kappa shape index (κ3) is 6.50. The second kappa shape index (κ2) is 11.4. The van der Waals surface area contributed by atoms with Crippen LogP contribution in [-0.2, 0) is 9.59 Å². The number of nitrogens with zero attached hydrogens (tertiary/aromatic N) is 3. The molecule has 2 fully saturated rings. The number of carbonyl (C=O) groups excluding carboxylic acids is 2. The van der Waals surface area contributed by atoms with Crippen molar-refractivity contribution in [3.8, 4) is 5.75 Å². The van der Waals surface area contributed by atoms with Gasteiger partial charge in [0.1, 0.15) is 11.9 Å². The highest BCUT2D eigenvalue weighted by Gasteiger charge is 2.33. The number of piperidine rings is 1. The minimum Gasteiger partial charge on any atom is -0.490 e. The lowest BCUT2D eigenvalue weighted by Gasteiger charge is -2.35. The number of halogens is 2. The first-order valence-corrected chi connectivity index (χ1v) is 9.39. The van der Waals surface area contributed by atoms with Gasteiger partial charge in [-0.1, -0.05) is 0 Å². The van der Waals surface area contributed by atoms with Gasteiger partial charge < -0.3 is 20.3 Å². The van der Waals surface area contributed by atoms with E-state index in [1.807, 2.05) is 17.0 Å². The molecule has 2 N–H and O–H groups in total. The summed E-state index contributed by atoms with van der Waals surface area (Å²) < 4.78 is 5.96. The van der Waals surface area contributed by atoms with Gasteiger partial charge in [0.2, 0.25) is 11.8 Å². The maximum atomic E-state index is 12.9. The van der Waals surface area contributed by atoms with Crippen molar-refractivity contribution in [1.82, 2.24) is 14.8 Å². The predicted octanol–water partition coefficient (Wildman–Crippen LogP) is 1.88. The van der Waals surface area contributed by atoms with Crippen molar-refractivity contribution in [2.24, 2.45) is 11.7 Å². The molecule has 0 aromatic carbocycles. The lowest BCUT2D eigenvalue weighted by atomic mass is 9.98. The third-order valence-electron chi connectivity index (χ3n) is 5.28. The fourth-order valence-electron chi connectivity index (χ4n) is 3.74. The second-order valence-corrected chi connectivity index (χ2v) is 7.28. The van der Waals surface area contributed by atoms with Gasteiger partial charge in [0.05, 0.1) is 5.92 Å². The summed E-state index contributed by atoms with van der Waals surface area (Å²) in [7, 11) is 0. The van der Waals surface area contributed by atoms with E-state index < -0.39 is 0 Å². The van der Waals surface area contributed by atoms with Crippen LogP contribution >= 0.6 is 24.8 Å². The van der Waals surface area contributed by atoms with Gasteiger partial charge in [-0.2, -0.15) is 0 Å². The molecular weight excluding hydrogens is 403 g/mol. The molecule has 2 aliphatic rings. The summed E-state index contributed by atoms with van der Waals surface area (Å²) in [5, 5.41) is 0. The van der Waals surface area contributed by atoms with Gasteiger partial charge in [0.15, 0.2) is 0 Å². The zero-order valence-electron chi connectivity index (χ0n) is 16.2. The highest BCUT2D eigenvalue weighted by Crippen LogP contribution is 2.23. The molecule has 0 radical (unpaired) electrons. The predicted molar refractivity (Wildman–Crippen MR) is 112 cm³/mol. The SMILES string of the molecule is CC(=O)N1C[C@@H](N)CC[C@@H](C(=O)N2CCC(Oc3ccncc3)CC2)C1.Cl.Cl. The molecule has 3 rings (SSSR count). The Labute approximate surface area is 178 Å². The number of aromatic nitrogens is 1. The van der Waals surface area contributed by atoms with E-state index in [-0.39, 0.29) is 54.7 Å². The zero-order chi connectivity index (χ0) is 18.5. The molecule has 0 bridgehead atoms. The monoisotopic (exact) mass is 432 g/mol. The first-order valence-electron chi connectivity index (χ1n) is 9.39. The van der Waals surface area contributed by atoms with E-state index in [2.05, 4.69) is 4.98 Å². The Morgan fingerprint density at radius 3 is 2.29 bits per heavy atom. The molecule has 7 nitrogen and oxygen atoms in total. The molecule has 2 saturated heterocycles. The summed E-state index contributed by atoms with van der Waals surface area (Å²) in [6, 6.07) is 3.65. The summed E-state index contributed by atoms with van der Waals surface area (Å²) in [4.78, 5) is 32.4. The number of pyridine rings is 1. The Kier molecular flexibility index (Phi) is 9.99. The molecule has 0 spiro atoms. The van der Waals surface area contributed by atoms with Crippen molar-refractivity contribution in [3.05, 3.63) is 24.5 Å². The molecular formula is C19H30Cl2N4O3. The fourth-order valence-corrected chi connectivity index (χ4v) is 3.74. The van der Waals surface area contributed by atoms with Crippen molar-refractivity contribution in [2.45, 2.75) is 44.8 Å². The van der Waals surface area contributed by atoms with Gasteiger partial charge >= 0.3 is 0 Å². The van der Waals surface area contributed by atoms with Crippen LogP contribution in [0.4, 0.5) is 0 Å². The van der Waals surface area contributed by atoms with Crippen molar-refractivity contribution < 1.29 is 14.3 Å². The van der Waals surface area contributed by atoms with E-state index in [9.17, 15) is 9.59 Å². The number of amides is 2. The van der Waals surface area contributed by atoms with E-state index in [4.69, 9.17) is 10.5 Å². The van der Waals surface area contributed by atoms with Crippen LogP contribution in [0.2, 0.25) is 0 Å². The minimum atomic E-state index is -0.148. The Morgan fingerprint density at radius 1 is 1.04 bits per heavy atom. The standard InChI is InChI=1S/C19H28N4O3.2ClH/c1-14(24)23-12-15(2-3-16(20)13-23)19(25)22-10-6-18(7-11-22)26-17-4-8-21-9-5-17;;/h4-5,8-9,15-16,18H,2-3,6-7,10-13,20H2,1H3;2*1H/t15-,16+;;/m1../s1. The number of ether oxygens (including phenoxy) is 1. The first-order chi connectivity index (χ1) is 12.5. The van der Waals surface area contributed by atoms with E-state index in [0.717, 1.165) is 31.4 Å². The summed E-state index contributed by atoms with van der Waals surface area (Å²) in [6.07, 6.45) is 6.71. The highest BCUT2D eigenvalue weighted by atomic mass is 35.5. The number of carbonyl (C=O) groups is 2. The molecule has 158 valence electrons. The van der Waals surface area contributed by atoms with Crippen molar-refractivity contribution >= 4 is 36.6 Å². The topological polar surface area (TPSA) is 88.8 Å². The quantitative estimate of drug-likeness (QED) is 0.787. The van der Waals surface area contributed by atoms with Gasteiger partial charge in [-0.25, -0.2) is 0 Å². The fraction of sp³-hybridized carbons (Fsp3) is 0.632. The van der Waals surface area contributed by atoms with Gasteiger partial charge in [0, 0.05) is 64.4 Å². The lowest BCUT2D eigenvalue weighted by molar-refractivity contribution is -0.139. The van der Waals surface area contributed by atoms with E-state index in [0.29, 0.717) is 26.2 Å². The molecule has 28 heavy (non-hydrogen) atoms. The molecule has 3 heterocycles. The number of likely N-dealkylation sites (tertiary alicyclic amines) is 2. The van der Waals surface area contributed by atoms with Crippen LogP contribution < -0.4 is 10.5 Å². The number of rotatable bonds is 3. The van der Waals surface area contributed by atoms with E-state index >= 15 is 0 Å². The van der Waals surface area contributed by atoms with Crippen LogP contribution in [0.1, 0.15) is 32.6 Å². The van der Waals surface area contributed by atoms with Crippen LogP contribution in [-0.4, -0.2) is 64.9 Å². The first kappa shape index (κ1) is 24.5. The van der Waals surface area contributed by atoms with Crippen LogP contribution in [0.25, 0.3) is 0 Å². The van der Waals surface area contributed by atoms with E-state index in [1.165, 1.54) is 0 Å². The summed E-state index contributed by atoms with van der Waals surface area (Å²) in [5.41, 5.74) is 6.06.